The number of esters is 3. The summed E-state index contributed by atoms with van der Waals surface area (Å²) in [5.41, 5.74) is -4.06. The van der Waals surface area contributed by atoms with Crippen molar-refractivity contribution >= 4 is 24.0 Å². The first-order chi connectivity index (χ1) is 12.4. The fourth-order valence-corrected chi connectivity index (χ4v) is 2.34. The topological polar surface area (TPSA) is 108 Å². The Labute approximate surface area is 167 Å². The third kappa shape index (κ3) is 12.2. The monoisotopic (exact) mass is 399 g/mol. The van der Waals surface area contributed by atoms with Gasteiger partial charge in [0.1, 0.15) is 22.3 Å². The molecule has 0 saturated carbocycles. The largest absolute Gasteiger partial charge is 0.460 e. The van der Waals surface area contributed by atoms with E-state index in [2.05, 4.69) is 4.99 Å². The Bertz CT molecular complexity index is 552. The van der Waals surface area contributed by atoms with Gasteiger partial charge in [0.05, 0.1) is 19.3 Å². The molecule has 0 unspecified atom stereocenters. The molecule has 0 bridgehead atoms. The molecule has 0 aromatic carbocycles. The molecule has 8 nitrogen and oxygen atoms in total. The molecule has 0 amide bonds. The summed E-state index contributed by atoms with van der Waals surface area (Å²) in [6.45, 7) is 15.1. The molecule has 0 aliphatic heterocycles. The summed E-state index contributed by atoms with van der Waals surface area (Å²) in [4.78, 5) is 51.8. The Morgan fingerprint density at radius 3 is 1.07 bits per heavy atom. The lowest BCUT2D eigenvalue weighted by Gasteiger charge is -2.30. The molecule has 0 fully saturated rings. The van der Waals surface area contributed by atoms with E-state index < -0.39 is 59.5 Å². The molecule has 0 saturated heterocycles. The molecule has 0 radical (unpaired) electrons. The lowest BCUT2D eigenvalue weighted by Crippen LogP contribution is -2.40. The van der Waals surface area contributed by atoms with E-state index >= 15 is 0 Å². The van der Waals surface area contributed by atoms with Gasteiger partial charge in [-0.15, -0.1) is 0 Å². The average molecular weight is 399 g/mol. The fourth-order valence-electron chi connectivity index (χ4n) is 2.34. The molecule has 0 aromatic heterocycles. The van der Waals surface area contributed by atoms with Crippen molar-refractivity contribution in [3.63, 3.8) is 0 Å². The van der Waals surface area contributed by atoms with Crippen molar-refractivity contribution in [3.05, 3.63) is 0 Å². The second-order valence-electron chi connectivity index (χ2n) is 9.72. The van der Waals surface area contributed by atoms with Crippen LogP contribution >= 0.6 is 0 Å². The normalized spacial score (nSPS) is 12.6. The van der Waals surface area contributed by atoms with Crippen molar-refractivity contribution in [3.8, 4) is 0 Å². The Hall–Kier alpha value is -2.21. The molecule has 0 aromatic rings. The van der Waals surface area contributed by atoms with Crippen LogP contribution in [0.1, 0.15) is 81.6 Å². The Morgan fingerprint density at radius 1 is 0.643 bits per heavy atom. The minimum atomic E-state index is -1.70. The predicted molar refractivity (Wildman–Crippen MR) is 102 cm³/mol. The van der Waals surface area contributed by atoms with Gasteiger partial charge in [0.25, 0.3) is 0 Å². The zero-order valence-electron chi connectivity index (χ0n) is 18.4. The maximum atomic E-state index is 12.4. The molecule has 160 valence electrons. The highest BCUT2D eigenvalue weighted by Gasteiger charge is 2.41. The van der Waals surface area contributed by atoms with E-state index in [1.54, 1.807) is 62.3 Å². The smallest absolute Gasteiger partial charge is 0.308 e. The first kappa shape index (κ1) is 25.8. The van der Waals surface area contributed by atoms with Crippen LogP contribution in [0.25, 0.3) is 0 Å². The van der Waals surface area contributed by atoms with Crippen LogP contribution in [0.5, 0.6) is 0 Å². The van der Waals surface area contributed by atoms with Crippen LogP contribution in [0.2, 0.25) is 0 Å². The van der Waals surface area contributed by atoms with Crippen LogP contribution in [-0.2, 0) is 33.4 Å². The fraction of sp³-hybridized carbons (Fsp3) is 0.800. The number of hydrogen-bond donors (Lipinski definition) is 0. The third-order valence-corrected chi connectivity index (χ3v) is 2.96. The van der Waals surface area contributed by atoms with Crippen LogP contribution < -0.4 is 0 Å². The van der Waals surface area contributed by atoms with E-state index in [-0.39, 0.29) is 0 Å². The lowest BCUT2D eigenvalue weighted by molar-refractivity contribution is -0.162. The molecule has 8 heteroatoms. The zero-order chi connectivity index (χ0) is 22.4. The standard InChI is InChI=1S/C20H33NO7/c1-17(2,3)26-14(23)10-20(21-13-22,11-15(24)27-18(4,5)6)12-16(25)28-19(7,8)9/h10-12H2,1-9H3. The summed E-state index contributed by atoms with van der Waals surface area (Å²) in [6, 6.07) is 0. The molecular weight excluding hydrogens is 366 g/mol. The molecule has 0 spiro atoms. The third-order valence-electron chi connectivity index (χ3n) is 2.96. The summed E-state index contributed by atoms with van der Waals surface area (Å²) < 4.78 is 15.8. The van der Waals surface area contributed by atoms with Crippen molar-refractivity contribution in [2.24, 2.45) is 4.99 Å². The summed E-state index contributed by atoms with van der Waals surface area (Å²) in [5.74, 6) is -2.13. The molecule has 28 heavy (non-hydrogen) atoms. The Kier molecular flexibility index (Phi) is 8.59. The van der Waals surface area contributed by atoms with E-state index in [1.165, 1.54) is 6.08 Å². The van der Waals surface area contributed by atoms with Gasteiger partial charge < -0.3 is 14.2 Å². The molecule has 0 rings (SSSR count). The molecule has 0 aliphatic carbocycles. The average Bonchev–Trinajstić information content (AvgIpc) is 2.29. The van der Waals surface area contributed by atoms with Crippen LogP contribution in [0.15, 0.2) is 4.99 Å². The number of nitrogens with zero attached hydrogens (tertiary/aromatic N) is 1. The minimum Gasteiger partial charge on any atom is -0.460 e. The highest BCUT2D eigenvalue weighted by molar-refractivity contribution is 5.80. The summed E-state index contributed by atoms with van der Waals surface area (Å²) >= 11 is 0. The van der Waals surface area contributed by atoms with Crippen LogP contribution in [-0.4, -0.2) is 46.3 Å². The summed E-state index contributed by atoms with van der Waals surface area (Å²) in [5, 5.41) is 0. The van der Waals surface area contributed by atoms with Crippen molar-refractivity contribution in [2.75, 3.05) is 0 Å². The minimum absolute atomic E-state index is 0.474. The predicted octanol–water partition coefficient (Wildman–Crippen LogP) is 3.26. The SMILES string of the molecule is CC(C)(C)OC(=O)CC(CC(=O)OC(C)(C)C)(CC(=O)OC(C)(C)C)N=C=O. The molecule has 0 atom stereocenters. The van der Waals surface area contributed by atoms with E-state index in [0.717, 1.165) is 0 Å². The van der Waals surface area contributed by atoms with Gasteiger partial charge in [0.2, 0.25) is 6.08 Å². The zero-order valence-corrected chi connectivity index (χ0v) is 18.4. The van der Waals surface area contributed by atoms with Crippen LogP contribution in [0.3, 0.4) is 0 Å². The van der Waals surface area contributed by atoms with Crippen molar-refractivity contribution in [1.82, 2.24) is 0 Å². The Morgan fingerprint density at radius 2 is 0.893 bits per heavy atom. The molecule has 0 N–H and O–H groups in total. The number of aliphatic imine (C=N–C) groups is 1. The maximum absolute atomic E-state index is 12.4. The van der Waals surface area contributed by atoms with E-state index in [4.69, 9.17) is 14.2 Å². The number of rotatable bonds is 7. The van der Waals surface area contributed by atoms with Gasteiger partial charge in [-0.2, -0.15) is 4.99 Å². The van der Waals surface area contributed by atoms with Gasteiger partial charge >= 0.3 is 17.9 Å². The quantitative estimate of drug-likeness (QED) is 0.280. The summed E-state index contributed by atoms with van der Waals surface area (Å²) in [7, 11) is 0. The first-order valence-corrected chi connectivity index (χ1v) is 9.11. The van der Waals surface area contributed by atoms with Gasteiger partial charge in [0.15, 0.2) is 0 Å². The number of ether oxygens (including phenoxy) is 3. The van der Waals surface area contributed by atoms with Gasteiger partial charge in [-0.05, 0) is 62.3 Å². The van der Waals surface area contributed by atoms with Crippen molar-refractivity contribution in [1.29, 1.82) is 0 Å². The van der Waals surface area contributed by atoms with Gasteiger partial charge in [-0.1, -0.05) is 0 Å². The van der Waals surface area contributed by atoms with Crippen molar-refractivity contribution < 1.29 is 33.4 Å². The second-order valence-corrected chi connectivity index (χ2v) is 9.72. The maximum Gasteiger partial charge on any atom is 0.308 e. The van der Waals surface area contributed by atoms with Gasteiger partial charge in [0, 0.05) is 0 Å². The number of isocyanates is 1. The van der Waals surface area contributed by atoms with Crippen LogP contribution in [0, 0.1) is 0 Å². The lowest BCUT2D eigenvalue weighted by atomic mass is 9.87. The van der Waals surface area contributed by atoms with E-state index in [9.17, 15) is 19.2 Å². The number of hydrogen-bond acceptors (Lipinski definition) is 8. The first-order valence-electron chi connectivity index (χ1n) is 9.11. The highest BCUT2D eigenvalue weighted by Crippen LogP contribution is 2.30. The Balaban J connectivity index is 5.77. The van der Waals surface area contributed by atoms with E-state index in [1.807, 2.05) is 0 Å². The highest BCUT2D eigenvalue weighted by atomic mass is 16.6. The summed E-state index contributed by atoms with van der Waals surface area (Å²) in [6.07, 6.45) is -0.0577. The molecule has 0 aliphatic rings. The second kappa shape index (κ2) is 9.32. The molecule has 0 heterocycles. The van der Waals surface area contributed by atoms with Crippen molar-refractivity contribution in [2.45, 2.75) is 104 Å². The number of carbonyl (C=O) groups is 3. The number of carbonyl (C=O) groups excluding carboxylic acids is 4. The van der Waals surface area contributed by atoms with E-state index in [0.29, 0.717) is 0 Å². The molecular formula is C20H33NO7. The van der Waals surface area contributed by atoms with Gasteiger partial charge in [-0.25, -0.2) is 4.79 Å². The van der Waals surface area contributed by atoms with Crippen LogP contribution in [0.4, 0.5) is 0 Å². The van der Waals surface area contributed by atoms with Gasteiger partial charge in [-0.3, -0.25) is 14.4 Å².